The molecule has 0 atom stereocenters. The van der Waals surface area contributed by atoms with Crippen LogP contribution in [0.15, 0.2) is 41.1 Å². The quantitative estimate of drug-likeness (QED) is 0.586. The number of nitrogens with one attached hydrogen (secondary N) is 1. The van der Waals surface area contributed by atoms with Crippen LogP contribution in [0, 0.1) is 12.7 Å². The number of carbonyl (C=O) groups is 1. The maximum absolute atomic E-state index is 14.6. The van der Waals surface area contributed by atoms with Crippen molar-refractivity contribution >= 4 is 28.4 Å². The van der Waals surface area contributed by atoms with Crippen LogP contribution in [-0.2, 0) is 4.79 Å². The minimum absolute atomic E-state index is 0.00647. The van der Waals surface area contributed by atoms with Crippen molar-refractivity contribution in [3.05, 3.63) is 48.1 Å². The Bertz CT molecular complexity index is 858. The highest BCUT2D eigenvalue weighted by molar-refractivity contribution is 5.86. The minimum Gasteiger partial charge on any atom is -0.440 e. The number of nitrogens with zero attached hydrogens (tertiary/aromatic N) is 1. The number of halogens is 1. The number of esters is 1. The lowest BCUT2D eigenvalue weighted by Crippen LogP contribution is -2.06. The lowest BCUT2D eigenvalue weighted by atomic mass is 10.2. The van der Waals surface area contributed by atoms with Crippen molar-refractivity contribution in [2.75, 3.05) is 5.32 Å². The molecular weight excluding hydrogens is 287 g/mol. The Labute approximate surface area is 125 Å². The number of para-hydroxylation sites is 1. The van der Waals surface area contributed by atoms with Gasteiger partial charge in [0, 0.05) is 18.7 Å². The van der Waals surface area contributed by atoms with Gasteiger partial charge in [0.1, 0.15) is 11.2 Å². The SMILES string of the molecule is CC(=O)Oc1cc2ncoc2c(F)c1Nc1ccccc1C. The van der Waals surface area contributed by atoms with Gasteiger partial charge < -0.3 is 14.5 Å². The summed E-state index contributed by atoms with van der Waals surface area (Å²) in [4.78, 5) is 15.1. The molecule has 0 aliphatic rings. The van der Waals surface area contributed by atoms with Crippen molar-refractivity contribution in [1.29, 1.82) is 0 Å². The van der Waals surface area contributed by atoms with E-state index in [0.717, 1.165) is 12.0 Å². The number of carbonyl (C=O) groups excluding carboxylic acids is 1. The van der Waals surface area contributed by atoms with Gasteiger partial charge in [-0.1, -0.05) is 18.2 Å². The first-order valence-electron chi connectivity index (χ1n) is 6.63. The van der Waals surface area contributed by atoms with Crippen molar-refractivity contribution in [2.24, 2.45) is 0 Å². The zero-order valence-electron chi connectivity index (χ0n) is 12.0. The molecule has 0 aliphatic heterocycles. The van der Waals surface area contributed by atoms with E-state index in [-0.39, 0.29) is 22.5 Å². The summed E-state index contributed by atoms with van der Waals surface area (Å²) in [7, 11) is 0. The molecule has 0 saturated heterocycles. The second-order valence-corrected chi connectivity index (χ2v) is 4.80. The summed E-state index contributed by atoms with van der Waals surface area (Å²) in [5.74, 6) is -1.14. The van der Waals surface area contributed by atoms with E-state index in [1.54, 1.807) is 6.07 Å². The molecule has 0 unspecified atom stereocenters. The molecule has 0 amide bonds. The van der Waals surface area contributed by atoms with Gasteiger partial charge >= 0.3 is 5.97 Å². The molecule has 112 valence electrons. The highest BCUT2D eigenvalue weighted by Crippen LogP contribution is 2.36. The minimum atomic E-state index is -0.658. The Balaban J connectivity index is 2.15. The second kappa shape index (κ2) is 5.48. The number of aromatic nitrogens is 1. The number of oxazole rings is 1. The van der Waals surface area contributed by atoms with E-state index in [0.29, 0.717) is 5.69 Å². The van der Waals surface area contributed by atoms with Gasteiger partial charge in [-0.2, -0.15) is 0 Å². The topological polar surface area (TPSA) is 64.4 Å². The molecule has 3 aromatic rings. The fourth-order valence-electron chi connectivity index (χ4n) is 2.14. The molecule has 6 heteroatoms. The first-order valence-corrected chi connectivity index (χ1v) is 6.63. The predicted octanol–water partition coefficient (Wildman–Crippen LogP) is 3.94. The number of aryl methyl sites for hydroxylation is 1. The van der Waals surface area contributed by atoms with Gasteiger partial charge in [0.15, 0.2) is 23.5 Å². The molecule has 2 aromatic carbocycles. The van der Waals surface area contributed by atoms with Crippen LogP contribution in [0.5, 0.6) is 5.75 Å². The summed E-state index contributed by atoms with van der Waals surface area (Å²) in [5, 5.41) is 2.96. The molecule has 0 radical (unpaired) electrons. The Morgan fingerprint density at radius 3 is 2.86 bits per heavy atom. The maximum atomic E-state index is 14.6. The van der Waals surface area contributed by atoms with Crippen LogP contribution in [0.1, 0.15) is 12.5 Å². The van der Waals surface area contributed by atoms with Crippen molar-refractivity contribution in [2.45, 2.75) is 13.8 Å². The maximum Gasteiger partial charge on any atom is 0.308 e. The van der Waals surface area contributed by atoms with Crippen molar-refractivity contribution in [3.63, 3.8) is 0 Å². The van der Waals surface area contributed by atoms with Gasteiger partial charge in [-0.25, -0.2) is 9.37 Å². The van der Waals surface area contributed by atoms with Gasteiger partial charge in [0.2, 0.25) is 0 Å². The van der Waals surface area contributed by atoms with Gasteiger partial charge in [0.25, 0.3) is 0 Å². The van der Waals surface area contributed by atoms with Crippen molar-refractivity contribution < 1.29 is 18.3 Å². The molecule has 0 bridgehead atoms. The van der Waals surface area contributed by atoms with E-state index in [2.05, 4.69) is 10.3 Å². The number of benzene rings is 2. The largest absolute Gasteiger partial charge is 0.440 e. The highest BCUT2D eigenvalue weighted by atomic mass is 19.1. The van der Waals surface area contributed by atoms with E-state index in [1.165, 1.54) is 13.0 Å². The van der Waals surface area contributed by atoms with Gasteiger partial charge in [-0.05, 0) is 18.6 Å². The third-order valence-electron chi connectivity index (χ3n) is 3.19. The summed E-state index contributed by atoms with van der Waals surface area (Å²) < 4.78 is 24.8. The normalized spacial score (nSPS) is 10.7. The van der Waals surface area contributed by atoms with Crippen LogP contribution in [0.2, 0.25) is 0 Å². The molecule has 0 aliphatic carbocycles. The standard InChI is InChI=1S/C16H13FN2O3/c1-9-5-3-4-6-11(9)19-15-13(22-10(2)20)7-12-16(14(15)17)21-8-18-12/h3-8,19H,1-2H3. The monoisotopic (exact) mass is 300 g/mol. The number of ether oxygens (including phenoxy) is 1. The fourth-order valence-corrected chi connectivity index (χ4v) is 2.14. The van der Waals surface area contributed by atoms with E-state index in [4.69, 9.17) is 9.15 Å². The number of fused-ring (bicyclic) bond motifs is 1. The molecule has 0 fully saturated rings. The zero-order chi connectivity index (χ0) is 15.7. The van der Waals surface area contributed by atoms with E-state index in [9.17, 15) is 9.18 Å². The predicted molar refractivity (Wildman–Crippen MR) is 79.7 cm³/mol. The van der Waals surface area contributed by atoms with Gasteiger partial charge in [-0.3, -0.25) is 4.79 Å². The van der Waals surface area contributed by atoms with Crippen LogP contribution >= 0.6 is 0 Å². The van der Waals surface area contributed by atoms with Crippen LogP contribution in [0.4, 0.5) is 15.8 Å². The molecule has 1 aromatic heterocycles. The molecular formula is C16H13FN2O3. The van der Waals surface area contributed by atoms with Crippen LogP contribution in [0.25, 0.3) is 11.1 Å². The smallest absolute Gasteiger partial charge is 0.308 e. The summed E-state index contributed by atoms with van der Waals surface area (Å²) >= 11 is 0. The number of hydrogen-bond acceptors (Lipinski definition) is 5. The number of anilines is 2. The van der Waals surface area contributed by atoms with Crippen molar-refractivity contribution in [1.82, 2.24) is 4.98 Å². The third-order valence-corrected chi connectivity index (χ3v) is 3.19. The Morgan fingerprint density at radius 1 is 1.36 bits per heavy atom. The summed E-state index contributed by atoms with van der Waals surface area (Å²) in [6.07, 6.45) is 1.14. The lowest BCUT2D eigenvalue weighted by Gasteiger charge is -2.14. The number of rotatable bonds is 3. The third kappa shape index (κ3) is 2.50. The molecule has 22 heavy (non-hydrogen) atoms. The van der Waals surface area contributed by atoms with E-state index in [1.807, 2.05) is 25.1 Å². The molecule has 3 rings (SSSR count). The first kappa shape index (κ1) is 14.1. The van der Waals surface area contributed by atoms with E-state index < -0.39 is 11.8 Å². The molecule has 5 nitrogen and oxygen atoms in total. The fraction of sp³-hybridized carbons (Fsp3) is 0.125. The Hall–Kier alpha value is -2.89. The lowest BCUT2D eigenvalue weighted by molar-refractivity contribution is -0.131. The first-order chi connectivity index (χ1) is 10.6. The molecule has 0 spiro atoms. The second-order valence-electron chi connectivity index (χ2n) is 4.80. The summed E-state index contributed by atoms with van der Waals surface area (Å²) in [6, 6.07) is 8.86. The van der Waals surface area contributed by atoms with Crippen molar-refractivity contribution in [3.8, 4) is 5.75 Å². The molecule has 1 N–H and O–H groups in total. The summed E-state index contributed by atoms with van der Waals surface area (Å²) in [6.45, 7) is 3.14. The Morgan fingerprint density at radius 2 is 2.14 bits per heavy atom. The number of hydrogen-bond donors (Lipinski definition) is 1. The average molecular weight is 300 g/mol. The Kier molecular flexibility index (Phi) is 3.50. The highest BCUT2D eigenvalue weighted by Gasteiger charge is 2.19. The van der Waals surface area contributed by atoms with E-state index >= 15 is 0 Å². The zero-order valence-corrected chi connectivity index (χ0v) is 12.0. The molecule has 1 heterocycles. The summed E-state index contributed by atoms with van der Waals surface area (Å²) in [5.41, 5.74) is 1.95. The van der Waals surface area contributed by atoms with Crippen LogP contribution < -0.4 is 10.1 Å². The van der Waals surface area contributed by atoms with Gasteiger partial charge in [0.05, 0.1) is 0 Å². The average Bonchev–Trinajstić information content (AvgIpc) is 2.93. The molecule has 0 saturated carbocycles. The van der Waals surface area contributed by atoms with Crippen LogP contribution in [-0.4, -0.2) is 11.0 Å². The van der Waals surface area contributed by atoms with Crippen LogP contribution in [0.3, 0.4) is 0 Å². The van der Waals surface area contributed by atoms with Gasteiger partial charge in [-0.15, -0.1) is 0 Å².